The molecule has 1 aliphatic heterocycles. The van der Waals surface area contributed by atoms with E-state index >= 15 is 0 Å². The zero-order chi connectivity index (χ0) is 17.1. The van der Waals surface area contributed by atoms with Gasteiger partial charge in [-0.3, -0.25) is 19.5 Å². The third-order valence-electron chi connectivity index (χ3n) is 3.69. The summed E-state index contributed by atoms with van der Waals surface area (Å²) in [7, 11) is 0. The summed E-state index contributed by atoms with van der Waals surface area (Å²) in [5.74, 6) is -1.89. The summed E-state index contributed by atoms with van der Waals surface area (Å²) >= 11 is 5.14. The summed E-state index contributed by atoms with van der Waals surface area (Å²) in [6.07, 6.45) is 1.37. The molecule has 2 aromatic carbocycles. The number of anilines is 1. The Bertz CT molecular complexity index is 833. The van der Waals surface area contributed by atoms with Crippen LogP contribution >= 0.6 is 12.2 Å². The molecule has 1 fully saturated rings. The minimum absolute atomic E-state index is 0.0803. The molecule has 1 aliphatic rings. The molecule has 0 radical (unpaired) electrons. The van der Waals surface area contributed by atoms with E-state index in [2.05, 4.69) is 10.3 Å². The molecule has 0 saturated carbocycles. The lowest BCUT2D eigenvalue weighted by Crippen LogP contribution is -2.58. The van der Waals surface area contributed by atoms with Crippen LogP contribution in [0.4, 0.5) is 11.4 Å². The number of nitrogens with one attached hydrogen (secondary N) is 1. The van der Waals surface area contributed by atoms with Gasteiger partial charge in [0.25, 0.3) is 5.91 Å². The van der Waals surface area contributed by atoms with Crippen molar-refractivity contribution in [2.45, 2.75) is 6.92 Å². The maximum absolute atomic E-state index is 12.7. The number of aliphatic imine (C=N–C) groups is 1. The topological polar surface area (TPSA) is 61.8 Å². The highest BCUT2D eigenvalue weighted by Gasteiger charge is 2.38. The van der Waals surface area contributed by atoms with Crippen LogP contribution in [0.5, 0.6) is 0 Å². The van der Waals surface area contributed by atoms with Crippen LogP contribution in [0.25, 0.3) is 0 Å². The number of carbonyl (C=O) groups excluding carboxylic acids is 2. The molecular weight excluding hydrogens is 322 g/mol. The second-order valence-electron chi connectivity index (χ2n) is 5.35. The lowest BCUT2D eigenvalue weighted by atomic mass is 10.1. The quantitative estimate of drug-likeness (QED) is 0.532. The van der Waals surface area contributed by atoms with Gasteiger partial charge in [0.05, 0.1) is 11.4 Å². The third-order valence-corrected chi connectivity index (χ3v) is 3.98. The van der Waals surface area contributed by atoms with E-state index in [4.69, 9.17) is 12.2 Å². The summed E-state index contributed by atoms with van der Waals surface area (Å²) < 4.78 is 0. The smallest absolute Gasteiger partial charge is 0.251 e. The number of nitrogens with zero attached hydrogens (tertiary/aromatic N) is 2. The first-order chi connectivity index (χ1) is 11.6. The number of thiocarbonyl (C=S) groups is 1. The van der Waals surface area contributed by atoms with Crippen LogP contribution in [-0.4, -0.2) is 23.1 Å². The molecule has 24 heavy (non-hydrogen) atoms. The van der Waals surface area contributed by atoms with Gasteiger partial charge in [-0.25, -0.2) is 0 Å². The van der Waals surface area contributed by atoms with Crippen molar-refractivity contribution < 1.29 is 9.59 Å². The van der Waals surface area contributed by atoms with Crippen molar-refractivity contribution in [3.63, 3.8) is 0 Å². The van der Waals surface area contributed by atoms with E-state index in [-0.39, 0.29) is 5.11 Å². The Kier molecular flexibility index (Phi) is 4.48. The number of hydrogen-bond acceptors (Lipinski definition) is 4. The summed E-state index contributed by atoms with van der Waals surface area (Å²) in [5.41, 5.74) is 2.30. The number of aryl methyl sites for hydroxylation is 1. The highest BCUT2D eigenvalue weighted by Crippen LogP contribution is 2.21. The predicted molar refractivity (Wildman–Crippen MR) is 97.5 cm³/mol. The first kappa shape index (κ1) is 16.0. The SMILES string of the molecule is Cc1ccccc1N=C[C@H]1C(=O)NC(=S)N(c2ccccc2)C1=O. The lowest BCUT2D eigenvalue weighted by Gasteiger charge is -2.30. The zero-order valence-corrected chi connectivity index (χ0v) is 13.8. The third kappa shape index (κ3) is 3.09. The second-order valence-corrected chi connectivity index (χ2v) is 5.73. The molecule has 2 amide bonds. The van der Waals surface area contributed by atoms with Crippen molar-refractivity contribution >= 4 is 46.7 Å². The second kappa shape index (κ2) is 6.72. The van der Waals surface area contributed by atoms with Crippen LogP contribution in [0.3, 0.4) is 0 Å². The standard InChI is InChI=1S/C18H15N3O2S/c1-12-7-5-6-10-15(12)19-11-14-16(22)20-18(24)21(17(14)23)13-8-3-2-4-9-13/h2-11,14H,1H3,(H,20,22,24)/t14-/m0/s1. The summed E-state index contributed by atoms with van der Waals surface area (Å²) in [6.45, 7) is 1.92. The average molecular weight is 337 g/mol. The molecule has 6 heteroatoms. The van der Waals surface area contributed by atoms with E-state index in [1.807, 2.05) is 37.3 Å². The molecule has 0 bridgehead atoms. The number of hydrogen-bond donors (Lipinski definition) is 1. The van der Waals surface area contributed by atoms with E-state index in [0.29, 0.717) is 5.69 Å². The molecule has 0 aromatic heterocycles. The molecule has 2 aromatic rings. The van der Waals surface area contributed by atoms with E-state index in [9.17, 15) is 9.59 Å². The first-order valence-electron chi connectivity index (χ1n) is 7.41. The Morgan fingerprint density at radius 1 is 1.08 bits per heavy atom. The van der Waals surface area contributed by atoms with E-state index < -0.39 is 17.7 Å². The van der Waals surface area contributed by atoms with E-state index in [1.165, 1.54) is 11.1 Å². The van der Waals surface area contributed by atoms with Crippen molar-refractivity contribution in [3.8, 4) is 0 Å². The van der Waals surface area contributed by atoms with Gasteiger partial charge in [-0.1, -0.05) is 36.4 Å². The van der Waals surface area contributed by atoms with Gasteiger partial charge in [0.2, 0.25) is 5.91 Å². The van der Waals surface area contributed by atoms with Crippen molar-refractivity contribution in [1.82, 2.24) is 5.32 Å². The van der Waals surface area contributed by atoms with Gasteiger partial charge < -0.3 is 5.32 Å². The number of benzene rings is 2. The normalized spacial score (nSPS) is 18.1. The fraction of sp³-hybridized carbons (Fsp3) is 0.111. The lowest BCUT2D eigenvalue weighted by molar-refractivity contribution is -0.130. The number of amides is 2. The fourth-order valence-electron chi connectivity index (χ4n) is 2.41. The Morgan fingerprint density at radius 3 is 2.46 bits per heavy atom. The van der Waals surface area contributed by atoms with Gasteiger partial charge in [-0.2, -0.15) is 0 Å². The molecule has 1 N–H and O–H groups in total. The molecule has 5 nitrogen and oxygen atoms in total. The van der Waals surface area contributed by atoms with Crippen LogP contribution in [0.1, 0.15) is 5.56 Å². The van der Waals surface area contributed by atoms with Crippen LogP contribution in [0.15, 0.2) is 59.6 Å². The predicted octanol–water partition coefficient (Wildman–Crippen LogP) is 2.76. The van der Waals surface area contributed by atoms with Crippen molar-refractivity contribution in [1.29, 1.82) is 0 Å². The maximum Gasteiger partial charge on any atom is 0.251 e. The summed E-state index contributed by atoms with van der Waals surface area (Å²) in [4.78, 5) is 30.5. The molecule has 1 atom stereocenters. The van der Waals surface area contributed by atoms with Crippen LogP contribution in [0, 0.1) is 12.8 Å². The number of carbonyl (C=O) groups is 2. The highest BCUT2D eigenvalue weighted by molar-refractivity contribution is 7.80. The Labute approximate surface area is 145 Å². The molecule has 1 heterocycles. The molecule has 1 saturated heterocycles. The highest BCUT2D eigenvalue weighted by atomic mass is 32.1. The largest absolute Gasteiger partial charge is 0.301 e. The van der Waals surface area contributed by atoms with Crippen LogP contribution in [-0.2, 0) is 9.59 Å². The zero-order valence-electron chi connectivity index (χ0n) is 13.0. The Morgan fingerprint density at radius 2 is 1.75 bits per heavy atom. The molecule has 120 valence electrons. The van der Waals surface area contributed by atoms with Gasteiger partial charge in [0.1, 0.15) is 0 Å². The van der Waals surface area contributed by atoms with Crippen LogP contribution in [0.2, 0.25) is 0 Å². The Hall–Kier alpha value is -2.86. The molecule has 0 unspecified atom stereocenters. The monoisotopic (exact) mass is 337 g/mol. The fourth-order valence-corrected chi connectivity index (χ4v) is 2.70. The molecule has 0 spiro atoms. The first-order valence-corrected chi connectivity index (χ1v) is 7.82. The van der Waals surface area contributed by atoms with Crippen molar-refractivity contribution in [3.05, 3.63) is 60.2 Å². The maximum atomic E-state index is 12.7. The van der Waals surface area contributed by atoms with Gasteiger partial charge in [-0.15, -0.1) is 0 Å². The minimum atomic E-state index is -1.02. The summed E-state index contributed by atoms with van der Waals surface area (Å²) in [6, 6.07) is 16.5. The summed E-state index contributed by atoms with van der Waals surface area (Å²) in [5, 5.41) is 2.65. The van der Waals surface area contributed by atoms with Crippen molar-refractivity contribution in [2.24, 2.45) is 10.9 Å². The van der Waals surface area contributed by atoms with E-state index in [1.54, 1.807) is 24.3 Å². The molecule has 0 aliphatic carbocycles. The van der Waals surface area contributed by atoms with Crippen LogP contribution < -0.4 is 10.2 Å². The average Bonchev–Trinajstić information content (AvgIpc) is 2.57. The van der Waals surface area contributed by atoms with Crippen molar-refractivity contribution in [2.75, 3.05) is 4.90 Å². The van der Waals surface area contributed by atoms with Gasteiger partial charge in [0, 0.05) is 6.21 Å². The van der Waals surface area contributed by atoms with Gasteiger partial charge in [0.15, 0.2) is 11.0 Å². The minimum Gasteiger partial charge on any atom is -0.301 e. The number of rotatable bonds is 3. The molecular formula is C18H15N3O2S. The van der Waals surface area contributed by atoms with E-state index in [0.717, 1.165) is 11.3 Å². The molecule has 3 rings (SSSR count). The van der Waals surface area contributed by atoms with Gasteiger partial charge in [-0.05, 0) is 42.9 Å². The van der Waals surface area contributed by atoms with Gasteiger partial charge >= 0.3 is 0 Å². The number of para-hydroxylation sites is 2. The Balaban J connectivity index is 1.90.